The van der Waals surface area contributed by atoms with Crippen LogP contribution in [0.4, 0.5) is 0 Å². The SMILES string of the molecule is COc1ccc(Br)cc1CC(N)C1(OC)CCCCC1. The lowest BCUT2D eigenvalue weighted by Gasteiger charge is -2.41. The molecule has 2 N–H and O–H groups in total. The van der Waals surface area contributed by atoms with Crippen molar-refractivity contribution in [3.05, 3.63) is 28.2 Å². The average Bonchev–Trinajstić information content (AvgIpc) is 2.48. The van der Waals surface area contributed by atoms with Crippen LogP contribution in [0.25, 0.3) is 0 Å². The molecule has 0 heterocycles. The summed E-state index contributed by atoms with van der Waals surface area (Å²) in [5.41, 5.74) is 7.46. The van der Waals surface area contributed by atoms with E-state index in [0.29, 0.717) is 0 Å². The van der Waals surface area contributed by atoms with E-state index < -0.39 is 0 Å². The van der Waals surface area contributed by atoms with Gasteiger partial charge in [-0.1, -0.05) is 35.2 Å². The van der Waals surface area contributed by atoms with Crippen LogP contribution < -0.4 is 10.5 Å². The lowest BCUT2D eigenvalue weighted by Crippen LogP contribution is -2.51. The summed E-state index contributed by atoms with van der Waals surface area (Å²) in [6, 6.07) is 6.05. The first-order valence-electron chi connectivity index (χ1n) is 7.24. The molecular weight excluding hydrogens is 318 g/mol. The molecular formula is C16H24BrNO2. The van der Waals surface area contributed by atoms with E-state index in [4.69, 9.17) is 15.2 Å². The Bertz CT molecular complexity index is 444. The summed E-state index contributed by atoms with van der Waals surface area (Å²) in [6.07, 6.45) is 6.59. The number of nitrogens with two attached hydrogens (primary N) is 1. The normalized spacial score (nSPS) is 19.6. The second-order valence-corrected chi connectivity index (χ2v) is 6.51. The van der Waals surface area contributed by atoms with Gasteiger partial charge in [-0.15, -0.1) is 0 Å². The van der Waals surface area contributed by atoms with E-state index in [-0.39, 0.29) is 11.6 Å². The highest BCUT2D eigenvalue weighted by Gasteiger charge is 2.38. The largest absolute Gasteiger partial charge is 0.496 e. The minimum absolute atomic E-state index is 0.00370. The van der Waals surface area contributed by atoms with Crippen molar-refractivity contribution >= 4 is 15.9 Å². The predicted molar refractivity (Wildman–Crippen MR) is 85.2 cm³/mol. The third-order valence-corrected chi connectivity index (χ3v) is 4.96. The van der Waals surface area contributed by atoms with Gasteiger partial charge in [0.2, 0.25) is 0 Å². The molecule has 0 saturated heterocycles. The number of ether oxygens (including phenoxy) is 2. The fraction of sp³-hybridized carbons (Fsp3) is 0.625. The molecule has 3 nitrogen and oxygen atoms in total. The highest BCUT2D eigenvalue weighted by Crippen LogP contribution is 2.35. The number of hydrogen-bond donors (Lipinski definition) is 1. The summed E-state index contributed by atoms with van der Waals surface area (Å²) in [7, 11) is 3.49. The maximum atomic E-state index is 6.50. The summed E-state index contributed by atoms with van der Waals surface area (Å²) in [5, 5.41) is 0. The fourth-order valence-electron chi connectivity index (χ4n) is 3.21. The molecule has 2 rings (SSSR count). The van der Waals surface area contributed by atoms with Crippen LogP contribution in [0.15, 0.2) is 22.7 Å². The zero-order valence-corrected chi connectivity index (χ0v) is 13.9. The molecule has 1 aromatic carbocycles. The van der Waals surface area contributed by atoms with Crippen LogP contribution in [0.2, 0.25) is 0 Å². The number of hydrogen-bond acceptors (Lipinski definition) is 3. The van der Waals surface area contributed by atoms with Crippen molar-refractivity contribution < 1.29 is 9.47 Å². The molecule has 1 saturated carbocycles. The first-order chi connectivity index (χ1) is 9.61. The van der Waals surface area contributed by atoms with Gasteiger partial charge in [-0.05, 0) is 43.0 Å². The minimum atomic E-state index is -0.175. The monoisotopic (exact) mass is 341 g/mol. The van der Waals surface area contributed by atoms with E-state index in [9.17, 15) is 0 Å². The van der Waals surface area contributed by atoms with Gasteiger partial charge in [-0.3, -0.25) is 0 Å². The van der Waals surface area contributed by atoms with Gasteiger partial charge in [0.1, 0.15) is 5.75 Å². The summed E-state index contributed by atoms with van der Waals surface area (Å²) in [5.74, 6) is 0.894. The Kier molecular flexibility index (Phi) is 5.47. The van der Waals surface area contributed by atoms with Crippen LogP contribution in [0.5, 0.6) is 5.75 Å². The first-order valence-corrected chi connectivity index (χ1v) is 8.04. The summed E-state index contributed by atoms with van der Waals surface area (Å²) >= 11 is 3.51. The Morgan fingerprint density at radius 3 is 2.55 bits per heavy atom. The van der Waals surface area contributed by atoms with E-state index in [0.717, 1.165) is 35.0 Å². The number of halogens is 1. The van der Waals surface area contributed by atoms with Crippen LogP contribution in [0.1, 0.15) is 37.7 Å². The van der Waals surface area contributed by atoms with Gasteiger partial charge < -0.3 is 15.2 Å². The molecule has 4 heteroatoms. The van der Waals surface area contributed by atoms with Crippen molar-refractivity contribution in [2.45, 2.75) is 50.2 Å². The molecule has 112 valence electrons. The van der Waals surface area contributed by atoms with Gasteiger partial charge in [-0.2, -0.15) is 0 Å². The molecule has 1 aliphatic rings. The van der Waals surface area contributed by atoms with Gasteiger partial charge in [0.05, 0.1) is 12.7 Å². The predicted octanol–water partition coefficient (Wildman–Crippen LogP) is 3.68. The van der Waals surface area contributed by atoms with Gasteiger partial charge >= 0.3 is 0 Å². The van der Waals surface area contributed by atoms with E-state index in [1.807, 2.05) is 12.1 Å². The number of rotatable bonds is 5. The van der Waals surface area contributed by atoms with Crippen molar-refractivity contribution in [1.29, 1.82) is 0 Å². The standard InChI is InChI=1S/C16H24BrNO2/c1-19-14-7-6-13(17)10-12(14)11-15(18)16(20-2)8-4-3-5-9-16/h6-7,10,15H,3-5,8-9,11,18H2,1-2H3. The summed E-state index contributed by atoms with van der Waals surface area (Å²) in [6.45, 7) is 0. The van der Waals surface area contributed by atoms with Crippen molar-refractivity contribution in [2.24, 2.45) is 5.73 Å². The average molecular weight is 342 g/mol. The van der Waals surface area contributed by atoms with Crippen molar-refractivity contribution in [2.75, 3.05) is 14.2 Å². The Morgan fingerprint density at radius 1 is 1.25 bits per heavy atom. The number of methoxy groups -OCH3 is 2. The highest BCUT2D eigenvalue weighted by atomic mass is 79.9. The van der Waals surface area contributed by atoms with E-state index in [1.54, 1.807) is 14.2 Å². The van der Waals surface area contributed by atoms with Gasteiger partial charge in [-0.25, -0.2) is 0 Å². The molecule has 0 bridgehead atoms. The molecule has 1 aliphatic carbocycles. The second-order valence-electron chi connectivity index (χ2n) is 5.60. The van der Waals surface area contributed by atoms with Gasteiger partial charge in [0.15, 0.2) is 0 Å². The topological polar surface area (TPSA) is 44.5 Å². The van der Waals surface area contributed by atoms with Crippen molar-refractivity contribution in [1.82, 2.24) is 0 Å². The third-order valence-electron chi connectivity index (χ3n) is 4.46. The zero-order chi connectivity index (χ0) is 14.6. The summed E-state index contributed by atoms with van der Waals surface area (Å²) < 4.78 is 12.3. The quantitative estimate of drug-likeness (QED) is 0.888. The molecule has 0 aliphatic heterocycles. The maximum absolute atomic E-state index is 6.50. The van der Waals surface area contributed by atoms with E-state index in [2.05, 4.69) is 22.0 Å². The van der Waals surface area contributed by atoms with Crippen molar-refractivity contribution in [3.63, 3.8) is 0 Å². The van der Waals surface area contributed by atoms with Crippen LogP contribution in [-0.2, 0) is 11.2 Å². The fourth-order valence-corrected chi connectivity index (χ4v) is 3.61. The van der Waals surface area contributed by atoms with Crippen LogP contribution in [-0.4, -0.2) is 25.9 Å². The molecule has 0 amide bonds. The van der Waals surface area contributed by atoms with E-state index in [1.165, 1.54) is 19.3 Å². The molecule has 0 radical (unpaired) electrons. The molecule has 20 heavy (non-hydrogen) atoms. The molecule has 0 spiro atoms. The van der Waals surface area contributed by atoms with Gasteiger partial charge in [0, 0.05) is 17.6 Å². The first kappa shape index (κ1) is 15.8. The molecule has 1 atom stereocenters. The molecule has 1 unspecified atom stereocenters. The highest BCUT2D eigenvalue weighted by molar-refractivity contribution is 9.10. The lowest BCUT2D eigenvalue weighted by molar-refractivity contribution is -0.0583. The third kappa shape index (κ3) is 3.35. The summed E-state index contributed by atoms with van der Waals surface area (Å²) in [4.78, 5) is 0. The second kappa shape index (κ2) is 6.92. The van der Waals surface area contributed by atoms with Crippen molar-refractivity contribution in [3.8, 4) is 5.75 Å². The maximum Gasteiger partial charge on any atom is 0.122 e. The molecule has 0 aromatic heterocycles. The van der Waals surface area contributed by atoms with Crippen LogP contribution in [0.3, 0.4) is 0 Å². The molecule has 1 fully saturated rings. The Labute approximate surface area is 130 Å². The lowest BCUT2D eigenvalue weighted by atomic mass is 9.77. The van der Waals surface area contributed by atoms with Gasteiger partial charge in [0.25, 0.3) is 0 Å². The zero-order valence-electron chi connectivity index (χ0n) is 12.3. The Hall–Kier alpha value is -0.580. The van der Waals surface area contributed by atoms with Crippen LogP contribution >= 0.6 is 15.9 Å². The van der Waals surface area contributed by atoms with Crippen LogP contribution in [0, 0.1) is 0 Å². The smallest absolute Gasteiger partial charge is 0.122 e. The molecule has 1 aromatic rings. The van der Waals surface area contributed by atoms with E-state index >= 15 is 0 Å². The minimum Gasteiger partial charge on any atom is -0.496 e. The number of benzene rings is 1. The Balaban J connectivity index is 2.17. The Morgan fingerprint density at radius 2 is 1.95 bits per heavy atom.